The average Bonchev–Trinajstić information content (AvgIpc) is 2.96. The summed E-state index contributed by atoms with van der Waals surface area (Å²) in [6.45, 7) is 2.42. The van der Waals surface area contributed by atoms with Crippen molar-refractivity contribution in [3.8, 4) is 5.75 Å². The van der Waals surface area contributed by atoms with Crippen molar-refractivity contribution in [2.24, 2.45) is 0 Å². The number of hydrogen-bond donors (Lipinski definition) is 3. The van der Waals surface area contributed by atoms with E-state index in [2.05, 4.69) is 15.6 Å². The number of aromatic nitrogens is 1. The van der Waals surface area contributed by atoms with Crippen LogP contribution in [-0.4, -0.2) is 29.8 Å². The summed E-state index contributed by atoms with van der Waals surface area (Å²) in [6.07, 6.45) is -0.765. The standard InChI is InChI=1S/C15H19N3O3S/c1-10-9-22-14(18-10)8-17-15(20)16-7-13(19)11-3-5-12(21-2)6-4-11/h3-6,9,13,19H,7-8H2,1-2H3,(H2,16,17,20)/t13-/m1/s1. The van der Waals surface area contributed by atoms with Gasteiger partial charge in [-0.25, -0.2) is 9.78 Å². The Bertz CT molecular complexity index is 613. The summed E-state index contributed by atoms with van der Waals surface area (Å²) in [5.74, 6) is 0.723. The Balaban J connectivity index is 1.74. The molecule has 1 heterocycles. The van der Waals surface area contributed by atoms with Gasteiger partial charge in [-0.1, -0.05) is 12.1 Å². The van der Waals surface area contributed by atoms with Crippen molar-refractivity contribution in [1.82, 2.24) is 15.6 Å². The molecule has 0 bridgehead atoms. The summed E-state index contributed by atoms with van der Waals surface area (Å²) in [5, 5.41) is 18.1. The normalized spacial score (nSPS) is 11.8. The highest BCUT2D eigenvalue weighted by atomic mass is 32.1. The van der Waals surface area contributed by atoms with Gasteiger partial charge in [-0.3, -0.25) is 0 Å². The Morgan fingerprint density at radius 1 is 1.36 bits per heavy atom. The van der Waals surface area contributed by atoms with Gasteiger partial charge in [0, 0.05) is 17.6 Å². The van der Waals surface area contributed by atoms with E-state index in [1.807, 2.05) is 12.3 Å². The van der Waals surface area contributed by atoms with E-state index in [0.29, 0.717) is 6.54 Å². The van der Waals surface area contributed by atoms with Crippen LogP contribution in [0.1, 0.15) is 22.4 Å². The van der Waals surface area contributed by atoms with Gasteiger partial charge >= 0.3 is 6.03 Å². The molecule has 1 aromatic heterocycles. The number of aryl methyl sites for hydroxylation is 1. The molecule has 0 spiro atoms. The summed E-state index contributed by atoms with van der Waals surface area (Å²) in [6, 6.07) is 6.73. The number of amides is 2. The van der Waals surface area contributed by atoms with Crippen LogP contribution in [0.5, 0.6) is 5.75 Å². The number of rotatable bonds is 6. The number of nitrogens with one attached hydrogen (secondary N) is 2. The molecule has 2 amide bonds. The largest absolute Gasteiger partial charge is 0.497 e. The van der Waals surface area contributed by atoms with Crippen LogP contribution in [0.2, 0.25) is 0 Å². The number of aliphatic hydroxyl groups is 1. The van der Waals surface area contributed by atoms with Crippen LogP contribution < -0.4 is 15.4 Å². The molecule has 7 heteroatoms. The minimum absolute atomic E-state index is 0.134. The minimum Gasteiger partial charge on any atom is -0.497 e. The maximum atomic E-state index is 11.7. The molecule has 1 atom stereocenters. The average molecular weight is 321 g/mol. The number of thiazole rings is 1. The maximum Gasteiger partial charge on any atom is 0.315 e. The third-order valence-corrected chi connectivity index (χ3v) is 3.99. The third-order valence-electron chi connectivity index (χ3n) is 3.02. The smallest absolute Gasteiger partial charge is 0.315 e. The fourth-order valence-electron chi connectivity index (χ4n) is 1.84. The molecule has 0 aliphatic carbocycles. The van der Waals surface area contributed by atoms with Crippen LogP contribution in [0, 0.1) is 6.92 Å². The van der Waals surface area contributed by atoms with Crippen LogP contribution in [0.3, 0.4) is 0 Å². The van der Waals surface area contributed by atoms with Gasteiger partial charge in [-0.15, -0.1) is 11.3 Å². The first-order valence-electron chi connectivity index (χ1n) is 6.83. The number of ether oxygens (including phenoxy) is 1. The monoisotopic (exact) mass is 321 g/mol. The summed E-state index contributed by atoms with van der Waals surface area (Å²) in [4.78, 5) is 15.9. The van der Waals surface area contributed by atoms with Crippen LogP contribution in [0.4, 0.5) is 4.79 Å². The second-order valence-corrected chi connectivity index (χ2v) is 5.68. The zero-order valence-electron chi connectivity index (χ0n) is 12.5. The van der Waals surface area contributed by atoms with Crippen molar-refractivity contribution in [3.63, 3.8) is 0 Å². The topological polar surface area (TPSA) is 83.5 Å². The molecule has 3 N–H and O–H groups in total. The predicted octanol–water partition coefficient (Wildman–Crippen LogP) is 1.99. The highest BCUT2D eigenvalue weighted by Crippen LogP contribution is 2.16. The van der Waals surface area contributed by atoms with E-state index in [-0.39, 0.29) is 12.6 Å². The van der Waals surface area contributed by atoms with Gasteiger partial charge in [0.15, 0.2) is 0 Å². The highest BCUT2D eigenvalue weighted by molar-refractivity contribution is 7.09. The molecule has 0 aliphatic rings. The summed E-state index contributed by atoms with van der Waals surface area (Å²) < 4.78 is 5.06. The van der Waals surface area contributed by atoms with Crippen molar-refractivity contribution < 1.29 is 14.6 Å². The molecule has 6 nitrogen and oxygen atoms in total. The fraction of sp³-hybridized carbons (Fsp3) is 0.333. The second kappa shape index (κ2) is 7.77. The number of methoxy groups -OCH3 is 1. The van der Waals surface area contributed by atoms with Crippen LogP contribution in [0.15, 0.2) is 29.6 Å². The van der Waals surface area contributed by atoms with E-state index in [0.717, 1.165) is 22.0 Å². The Hall–Kier alpha value is -2.12. The third kappa shape index (κ3) is 4.71. The Labute approximate surface area is 133 Å². The Kier molecular flexibility index (Phi) is 5.74. The van der Waals surface area contributed by atoms with Gasteiger partial charge in [0.2, 0.25) is 0 Å². The Morgan fingerprint density at radius 3 is 2.68 bits per heavy atom. The molecule has 0 radical (unpaired) electrons. The van der Waals surface area contributed by atoms with E-state index in [4.69, 9.17) is 4.74 Å². The van der Waals surface area contributed by atoms with E-state index >= 15 is 0 Å². The van der Waals surface area contributed by atoms with E-state index in [1.165, 1.54) is 11.3 Å². The zero-order valence-corrected chi connectivity index (χ0v) is 13.3. The summed E-state index contributed by atoms with van der Waals surface area (Å²) in [5.41, 5.74) is 1.66. The van der Waals surface area contributed by atoms with Crippen LogP contribution >= 0.6 is 11.3 Å². The first kappa shape index (κ1) is 16.3. The first-order valence-corrected chi connectivity index (χ1v) is 7.71. The lowest BCUT2D eigenvalue weighted by Gasteiger charge is -2.13. The Morgan fingerprint density at radius 2 is 2.09 bits per heavy atom. The molecule has 1 aromatic carbocycles. The number of nitrogens with zero attached hydrogens (tertiary/aromatic N) is 1. The number of hydrogen-bond acceptors (Lipinski definition) is 5. The summed E-state index contributed by atoms with van der Waals surface area (Å²) >= 11 is 1.50. The van der Waals surface area contributed by atoms with E-state index in [9.17, 15) is 9.90 Å². The SMILES string of the molecule is COc1ccc([C@H](O)CNC(=O)NCc2nc(C)cs2)cc1. The number of urea groups is 1. The molecule has 2 aromatic rings. The van der Waals surface area contributed by atoms with Gasteiger partial charge in [-0.05, 0) is 24.6 Å². The molecule has 0 fully saturated rings. The van der Waals surface area contributed by atoms with Crippen LogP contribution in [0.25, 0.3) is 0 Å². The molecule has 22 heavy (non-hydrogen) atoms. The van der Waals surface area contributed by atoms with Crippen LogP contribution in [-0.2, 0) is 6.54 Å². The van der Waals surface area contributed by atoms with Crippen molar-refractivity contribution in [3.05, 3.63) is 45.9 Å². The van der Waals surface area contributed by atoms with Crippen molar-refractivity contribution >= 4 is 17.4 Å². The van der Waals surface area contributed by atoms with Crippen molar-refractivity contribution in [2.45, 2.75) is 19.6 Å². The van der Waals surface area contributed by atoms with Gasteiger partial charge in [0.25, 0.3) is 0 Å². The lowest BCUT2D eigenvalue weighted by Crippen LogP contribution is -2.37. The molecule has 0 saturated heterocycles. The molecule has 0 saturated carbocycles. The van der Waals surface area contributed by atoms with Crippen molar-refractivity contribution in [1.29, 1.82) is 0 Å². The number of carbonyl (C=O) groups is 1. The first-order chi connectivity index (χ1) is 10.6. The van der Waals surface area contributed by atoms with E-state index in [1.54, 1.807) is 31.4 Å². The lowest BCUT2D eigenvalue weighted by atomic mass is 10.1. The molecule has 0 unspecified atom stereocenters. The predicted molar refractivity (Wildman–Crippen MR) is 85.0 cm³/mol. The molecule has 0 aliphatic heterocycles. The van der Waals surface area contributed by atoms with Gasteiger partial charge in [-0.2, -0.15) is 0 Å². The van der Waals surface area contributed by atoms with E-state index < -0.39 is 6.10 Å². The fourth-order valence-corrected chi connectivity index (χ4v) is 2.55. The van der Waals surface area contributed by atoms with Gasteiger partial charge in [0.1, 0.15) is 10.8 Å². The maximum absolute atomic E-state index is 11.7. The molecule has 2 rings (SSSR count). The number of benzene rings is 1. The minimum atomic E-state index is -0.765. The number of carbonyl (C=O) groups excluding carboxylic acids is 1. The van der Waals surface area contributed by atoms with Gasteiger partial charge in [0.05, 0.1) is 19.8 Å². The second-order valence-electron chi connectivity index (χ2n) is 4.74. The number of aliphatic hydroxyl groups excluding tert-OH is 1. The molecular formula is C15H19N3O3S. The molecule has 118 valence electrons. The highest BCUT2D eigenvalue weighted by Gasteiger charge is 2.10. The zero-order chi connectivity index (χ0) is 15.9. The summed E-state index contributed by atoms with van der Waals surface area (Å²) in [7, 11) is 1.58. The van der Waals surface area contributed by atoms with Gasteiger partial charge < -0.3 is 20.5 Å². The van der Waals surface area contributed by atoms with Crippen molar-refractivity contribution in [2.75, 3.05) is 13.7 Å². The molecular weight excluding hydrogens is 302 g/mol. The lowest BCUT2D eigenvalue weighted by molar-refractivity contribution is 0.173. The quantitative estimate of drug-likeness (QED) is 0.760.